The summed E-state index contributed by atoms with van der Waals surface area (Å²) < 4.78 is 6.36. The first-order valence-electron chi connectivity index (χ1n) is 22.4. The van der Waals surface area contributed by atoms with Gasteiger partial charge in [0.15, 0.2) is 0 Å². The van der Waals surface area contributed by atoms with E-state index in [1.165, 1.54) is 11.8 Å². The van der Waals surface area contributed by atoms with E-state index in [0.717, 1.165) is 79.5 Å². The van der Waals surface area contributed by atoms with Crippen LogP contribution in [0.25, 0.3) is 10.4 Å². The summed E-state index contributed by atoms with van der Waals surface area (Å²) in [6.45, 7) is 9.57. The van der Waals surface area contributed by atoms with Gasteiger partial charge in [0, 0.05) is 49.7 Å². The molecule has 5 rings (SSSR count). The molecule has 0 bridgehead atoms. The molecular formula is C49H65N7O7S. The molecule has 3 atom stereocenters. The number of benzene rings is 3. The van der Waals surface area contributed by atoms with Gasteiger partial charge in [-0.1, -0.05) is 90.0 Å². The van der Waals surface area contributed by atoms with Crippen LogP contribution in [0.2, 0.25) is 0 Å². The number of aliphatic hydroxyl groups is 1. The van der Waals surface area contributed by atoms with E-state index in [2.05, 4.69) is 26.3 Å². The van der Waals surface area contributed by atoms with Crippen molar-refractivity contribution in [2.24, 2.45) is 5.41 Å². The van der Waals surface area contributed by atoms with Crippen LogP contribution in [0.4, 0.5) is 17.1 Å². The minimum atomic E-state index is -0.877. The lowest BCUT2D eigenvalue weighted by Crippen LogP contribution is -2.57. The predicted octanol–water partition coefficient (Wildman–Crippen LogP) is 8.00. The van der Waals surface area contributed by atoms with Crippen molar-refractivity contribution >= 4 is 57.9 Å². The second-order valence-corrected chi connectivity index (χ2v) is 18.5. The lowest BCUT2D eigenvalue weighted by molar-refractivity contribution is -0.143. The van der Waals surface area contributed by atoms with E-state index in [1.54, 1.807) is 59.9 Å². The highest BCUT2D eigenvalue weighted by Gasteiger charge is 2.44. The molecule has 0 radical (unpaired) electrons. The van der Waals surface area contributed by atoms with E-state index in [0.29, 0.717) is 41.4 Å². The van der Waals surface area contributed by atoms with Crippen LogP contribution in [0.1, 0.15) is 120 Å². The number of aromatic nitrogens is 1. The highest BCUT2D eigenvalue weighted by atomic mass is 32.1. The number of carbonyl (C=O) groups is 5. The number of rotatable bonds is 22. The molecule has 1 aromatic heterocycles. The number of nitrogens with one attached hydrogen (secondary N) is 4. The highest BCUT2D eigenvalue weighted by molar-refractivity contribution is 7.13. The van der Waals surface area contributed by atoms with Crippen LogP contribution in [-0.2, 0) is 25.7 Å². The summed E-state index contributed by atoms with van der Waals surface area (Å²) in [5.41, 5.74) is 12.0. The Bertz CT molecular complexity index is 2200. The molecule has 14 nitrogen and oxygen atoms in total. The quantitative estimate of drug-likeness (QED) is 0.0334. The van der Waals surface area contributed by atoms with Gasteiger partial charge in [-0.2, -0.15) is 0 Å². The second-order valence-electron chi connectivity index (χ2n) is 17.7. The lowest BCUT2D eigenvalue weighted by Gasteiger charge is -2.35. The molecule has 1 fully saturated rings. The Morgan fingerprint density at radius 2 is 1.58 bits per heavy atom. The number of aliphatic hydroxyl groups excluding tert-OH is 1. The molecule has 0 aliphatic carbocycles. The minimum Gasteiger partial charge on any atom is -0.493 e. The average molecular weight is 896 g/mol. The Balaban J connectivity index is 0.998. The van der Waals surface area contributed by atoms with Crippen LogP contribution in [-0.4, -0.2) is 75.9 Å². The molecule has 1 saturated heterocycles. The van der Waals surface area contributed by atoms with Crippen LogP contribution < -0.4 is 31.7 Å². The first-order valence-corrected chi connectivity index (χ1v) is 23.2. The van der Waals surface area contributed by atoms with E-state index < -0.39 is 29.5 Å². The third-order valence-electron chi connectivity index (χ3n) is 11.3. The first-order chi connectivity index (χ1) is 30.6. The Morgan fingerprint density at radius 1 is 0.906 bits per heavy atom. The van der Waals surface area contributed by atoms with Gasteiger partial charge in [0.2, 0.25) is 23.6 Å². The number of anilines is 3. The Morgan fingerprint density at radius 3 is 2.22 bits per heavy atom. The minimum absolute atomic E-state index is 0.0107. The summed E-state index contributed by atoms with van der Waals surface area (Å²) in [7, 11) is 0. The fourth-order valence-electron chi connectivity index (χ4n) is 7.72. The summed E-state index contributed by atoms with van der Waals surface area (Å²) in [4.78, 5) is 71.2. The number of ether oxygens (including phenoxy) is 1. The van der Waals surface area contributed by atoms with Gasteiger partial charge >= 0.3 is 0 Å². The van der Waals surface area contributed by atoms with Gasteiger partial charge in [0.05, 0.1) is 40.2 Å². The summed E-state index contributed by atoms with van der Waals surface area (Å²) in [5.74, 6) is -0.763. The molecule has 7 N–H and O–H groups in total. The van der Waals surface area contributed by atoms with Crippen LogP contribution >= 0.6 is 11.3 Å². The fourth-order valence-corrected chi connectivity index (χ4v) is 8.52. The molecule has 5 amide bonds. The number of β-amino-alcohol motifs (C(OH)–C–C–N with tert-alkyl or cyclic N) is 1. The molecule has 1 aliphatic rings. The summed E-state index contributed by atoms with van der Waals surface area (Å²) in [6.07, 6.45) is 8.95. The van der Waals surface area contributed by atoms with Gasteiger partial charge < -0.3 is 41.7 Å². The fraction of sp³-hybridized carbons (Fsp3) is 0.469. The lowest BCUT2D eigenvalue weighted by atomic mass is 9.85. The van der Waals surface area contributed by atoms with Crippen molar-refractivity contribution in [3.8, 4) is 16.2 Å². The predicted molar refractivity (Wildman–Crippen MR) is 253 cm³/mol. The number of nitrogen functional groups attached to an aromatic ring is 1. The summed E-state index contributed by atoms with van der Waals surface area (Å²) >= 11 is 1.56. The molecule has 2 heterocycles. The maximum atomic E-state index is 13.7. The van der Waals surface area contributed by atoms with Crippen LogP contribution in [0.15, 0.2) is 72.2 Å². The molecule has 344 valence electrons. The number of nitrogens with two attached hydrogens (primary N) is 1. The third-order valence-corrected chi connectivity index (χ3v) is 12.3. The van der Waals surface area contributed by atoms with E-state index in [9.17, 15) is 29.1 Å². The number of hydrogen-bond donors (Lipinski definition) is 6. The van der Waals surface area contributed by atoms with Crippen molar-refractivity contribution in [2.45, 2.75) is 130 Å². The number of likely N-dealkylation sites (tertiary alicyclic amines) is 1. The molecule has 0 spiro atoms. The van der Waals surface area contributed by atoms with Crippen LogP contribution in [0.5, 0.6) is 5.75 Å². The molecule has 1 aliphatic heterocycles. The zero-order valence-corrected chi connectivity index (χ0v) is 38.7. The summed E-state index contributed by atoms with van der Waals surface area (Å²) in [6, 6.07) is 18.1. The smallest absolute Gasteiger partial charge is 0.255 e. The van der Waals surface area contributed by atoms with Crippen molar-refractivity contribution in [1.82, 2.24) is 20.5 Å². The van der Waals surface area contributed by atoms with E-state index >= 15 is 0 Å². The third kappa shape index (κ3) is 14.6. The number of carbonyl (C=O) groups excluding carboxylic acids is 5. The number of amides is 5. The molecule has 3 aromatic carbocycles. The van der Waals surface area contributed by atoms with Crippen molar-refractivity contribution in [2.75, 3.05) is 29.5 Å². The number of aryl methyl sites for hydroxylation is 1. The molecule has 64 heavy (non-hydrogen) atoms. The van der Waals surface area contributed by atoms with Gasteiger partial charge in [0.25, 0.3) is 5.91 Å². The number of para-hydroxylation sites is 2. The Labute approximate surface area is 381 Å². The normalized spacial score (nSPS) is 15.3. The van der Waals surface area contributed by atoms with Crippen molar-refractivity contribution in [1.29, 1.82) is 0 Å². The van der Waals surface area contributed by atoms with Gasteiger partial charge in [0.1, 0.15) is 17.8 Å². The van der Waals surface area contributed by atoms with Crippen molar-refractivity contribution < 1.29 is 33.8 Å². The topological polar surface area (TPSA) is 205 Å². The average Bonchev–Trinajstić information content (AvgIpc) is 3.87. The maximum absolute atomic E-state index is 13.7. The SMILES string of the molecule is CC(=O)NC(C(=O)N1C[C@H](O)C[C@H]1C(=O)NCc1ccc(-c2scnc2C)cc1OCCCCCCCCCCCC(=O)Nc1ccc(C(=O)Nc2ccccc2N)cc1)C(C)(C)C. The van der Waals surface area contributed by atoms with Gasteiger partial charge in [-0.25, -0.2) is 4.98 Å². The van der Waals surface area contributed by atoms with E-state index in [1.807, 2.05) is 51.4 Å². The van der Waals surface area contributed by atoms with Gasteiger partial charge in [-0.05, 0) is 73.2 Å². The molecule has 15 heteroatoms. The largest absolute Gasteiger partial charge is 0.493 e. The molecule has 0 saturated carbocycles. The van der Waals surface area contributed by atoms with Crippen molar-refractivity contribution in [3.63, 3.8) is 0 Å². The molecule has 1 unspecified atom stereocenters. The second kappa shape index (κ2) is 23.8. The number of nitrogens with zero attached hydrogens (tertiary/aromatic N) is 2. The molecular weight excluding hydrogens is 831 g/mol. The molecule has 4 aromatic rings. The van der Waals surface area contributed by atoms with Crippen LogP contribution in [0, 0.1) is 12.3 Å². The number of hydrogen-bond acceptors (Lipinski definition) is 10. The first kappa shape index (κ1) is 49.2. The Kier molecular flexibility index (Phi) is 18.3. The Hall–Kier alpha value is -5.80. The van der Waals surface area contributed by atoms with E-state index in [-0.39, 0.29) is 43.1 Å². The van der Waals surface area contributed by atoms with Crippen molar-refractivity contribution in [3.05, 3.63) is 89.1 Å². The number of thiazole rings is 1. The van der Waals surface area contributed by atoms with Gasteiger partial charge in [-0.3, -0.25) is 24.0 Å². The monoisotopic (exact) mass is 895 g/mol. The summed E-state index contributed by atoms with van der Waals surface area (Å²) in [5, 5.41) is 22.0. The zero-order chi connectivity index (χ0) is 46.2. The van der Waals surface area contributed by atoms with Gasteiger partial charge in [-0.15, -0.1) is 11.3 Å². The highest BCUT2D eigenvalue weighted by Crippen LogP contribution is 2.33. The zero-order valence-electron chi connectivity index (χ0n) is 37.8. The maximum Gasteiger partial charge on any atom is 0.255 e. The van der Waals surface area contributed by atoms with E-state index in [4.69, 9.17) is 10.5 Å². The standard InChI is InChI=1S/C49H65N7O7S/c1-32-44(64-31-52-32)35-20-21-36(29-51-47(61)41-28-38(58)30-56(41)48(62)45(49(3,4)5)53-33(2)57)42(27-35)63-26-16-12-10-8-6-7-9-11-13-19-43(59)54-37-24-22-34(23-25-37)46(60)55-40-18-15-14-17-39(40)50/h14-15,17-18,20-25,27,31,38,41,45,58H,6-13,16,19,26,28-30,50H2,1-5H3,(H,51,61)(H,53,57)(H,54,59)(H,55,60)/t38-,41+,45?/m1/s1. The number of unbranched alkanes of at least 4 members (excludes halogenated alkanes) is 8. The van der Waals surface area contributed by atoms with Crippen LogP contribution in [0.3, 0.4) is 0 Å².